The number of aromatic nitrogens is 5. The van der Waals surface area contributed by atoms with Gasteiger partial charge >= 0.3 is 6.18 Å². The van der Waals surface area contributed by atoms with Crippen molar-refractivity contribution in [1.82, 2.24) is 24.8 Å². The van der Waals surface area contributed by atoms with Gasteiger partial charge in [-0.05, 0) is 38.3 Å². The fourth-order valence-corrected chi connectivity index (χ4v) is 4.71. The summed E-state index contributed by atoms with van der Waals surface area (Å²) >= 11 is 0. The molecule has 0 N–H and O–H groups in total. The molecule has 5 rings (SSSR count). The van der Waals surface area contributed by atoms with E-state index < -0.39 is 12.0 Å². The number of rotatable bonds is 3. The lowest BCUT2D eigenvalue weighted by atomic mass is 10.0. The number of anilines is 2. The van der Waals surface area contributed by atoms with E-state index in [1.54, 1.807) is 14.0 Å². The number of ether oxygens (including phenoxy) is 1. The molecule has 3 aromatic heterocycles. The number of alkyl halides is 3. The standard InChI is InChI=1S/C22H26F3N7O/c1-13-14(2)20(29-32-19(13)27-28-21(32)22(23,24)25)31-9-6-18-15(12-31)10-16(11-26-18)30-7-4-17(33-3)5-8-30/h10-11,17H,4-9,12H2,1-3H3. The van der Waals surface area contributed by atoms with Gasteiger partial charge in [-0.3, -0.25) is 4.98 Å². The molecule has 0 spiro atoms. The molecule has 1 saturated heterocycles. The molecule has 11 heteroatoms. The van der Waals surface area contributed by atoms with E-state index in [9.17, 15) is 13.2 Å². The zero-order valence-corrected chi connectivity index (χ0v) is 18.9. The van der Waals surface area contributed by atoms with Crippen molar-refractivity contribution >= 4 is 17.2 Å². The Balaban J connectivity index is 1.46. The summed E-state index contributed by atoms with van der Waals surface area (Å²) in [6.07, 6.45) is 0.246. The number of methoxy groups -OCH3 is 1. The molecule has 1 fully saturated rings. The highest BCUT2D eigenvalue weighted by Crippen LogP contribution is 2.33. The van der Waals surface area contributed by atoms with E-state index in [0.29, 0.717) is 37.0 Å². The van der Waals surface area contributed by atoms with E-state index in [0.717, 1.165) is 53.0 Å². The topological polar surface area (TPSA) is 71.7 Å². The van der Waals surface area contributed by atoms with E-state index in [1.807, 2.05) is 18.0 Å². The van der Waals surface area contributed by atoms with E-state index in [2.05, 4.69) is 26.3 Å². The molecule has 5 heterocycles. The highest BCUT2D eigenvalue weighted by Gasteiger charge is 2.38. The summed E-state index contributed by atoms with van der Waals surface area (Å²) in [7, 11) is 1.75. The SMILES string of the molecule is COC1CCN(c2cnc3c(c2)CN(c2nn4c(C(F)(F)F)nnc4c(C)c2C)CC3)CC1. The number of halogens is 3. The van der Waals surface area contributed by atoms with Crippen LogP contribution in [0.15, 0.2) is 12.3 Å². The van der Waals surface area contributed by atoms with Crippen LogP contribution in [0.2, 0.25) is 0 Å². The van der Waals surface area contributed by atoms with Crippen LogP contribution in [0.3, 0.4) is 0 Å². The van der Waals surface area contributed by atoms with Gasteiger partial charge in [-0.1, -0.05) is 0 Å². The first kappa shape index (κ1) is 21.9. The molecule has 2 aliphatic heterocycles. The van der Waals surface area contributed by atoms with Crippen molar-refractivity contribution in [3.8, 4) is 0 Å². The zero-order chi connectivity index (χ0) is 23.3. The van der Waals surface area contributed by atoms with Gasteiger partial charge in [0.2, 0.25) is 0 Å². The van der Waals surface area contributed by atoms with Crippen LogP contribution < -0.4 is 9.80 Å². The minimum atomic E-state index is -4.63. The Hall–Kier alpha value is -2.95. The van der Waals surface area contributed by atoms with Crippen molar-refractivity contribution in [3.05, 3.63) is 40.5 Å². The smallest absolute Gasteiger partial charge is 0.381 e. The normalized spacial score (nSPS) is 17.6. The van der Waals surface area contributed by atoms with Crippen LogP contribution in [-0.4, -0.2) is 57.6 Å². The van der Waals surface area contributed by atoms with Gasteiger partial charge in [0.05, 0.1) is 18.0 Å². The fourth-order valence-electron chi connectivity index (χ4n) is 4.71. The van der Waals surface area contributed by atoms with Crippen LogP contribution in [0.5, 0.6) is 0 Å². The molecule has 0 atom stereocenters. The molecule has 0 saturated carbocycles. The fraction of sp³-hybridized carbons (Fsp3) is 0.545. The number of piperidine rings is 1. The lowest BCUT2D eigenvalue weighted by Gasteiger charge is -2.34. The summed E-state index contributed by atoms with van der Waals surface area (Å²) in [6, 6.07) is 2.16. The first-order valence-corrected chi connectivity index (χ1v) is 11.1. The maximum absolute atomic E-state index is 13.4. The third-order valence-electron chi connectivity index (χ3n) is 6.79. The number of hydrogen-bond donors (Lipinski definition) is 0. The minimum absolute atomic E-state index is 0.129. The van der Waals surface area contributed by atoms with E-state index >= 15 is 0 Å². The molecule has 3 aromatic rings. The molecule has 0 unspecified atom stereocenters. The number of hydrogen-bond acceptors (Lipinski definition) is 7. The van der Waals surface area contributed by atoms with Crippen molar-refractivity contribution in [3.63, 3.8) is 0 Å². The quantitative estimate of drug-likeness (QED) is 0.593. The Morgan fingerprint density at radius 1 is 1.03 bits per heavy atom. The maximum Gasteiger partial charge on any atom is 0.453 e. The van der Waals surface area contributed by atoms with E-state index in [-0.39, 0.29) is 5.65 Å². The molecule has 0 radical (unpaired) electrons. The number of nitrogens with zero attached hydrogens (tertiary/aromatic N) is 7. The van der Waals surface area contributed by atoms with Gasteiger partial charge < -0.3 is 14.5 Å². The van der Waals surface area contributed by atoms with Gasteiger partial charge in [0, 0.05) is 56.5 Å². The van der Waals surface area contributed by atoms with Gasteiger partial charge in [-0.25, -0.2) is 0 Å². The van der Waals surface area contributed by atoms with Gasteiger partial charge in [-0.2, -0.15) is 17.7 Å². The Morgan fingerprint density at radius 2 is 1.79 bits per heavy atom. The van der Waals surface area contributed by atoms with E-state index in [1.165, 1.54) is 0 Å². The molecule has 0 aromatic carbocycles. The van der Waals surface area contributed by atoms with Crippen LogP contribution in [0.4, 0.5) is 24.7 Å². The predicted octanol–water partition coefficient (Wildman–Crippen LogP) is 3.33. The largest absolute Gasteiger partial charge is 0.453 e. The lowest BCUT2D eigenvalue weighted by molar-refractivity contribution is -0.146. The third kappa shape index (κ3) is 3.88. The van der Waals surface area contributed by atoms with Crippen molar-refractivity contribution in [2.24, 2.45) is 0 Å². The predicted molar refractivity (Wildman–Crippen MR) is 116 cm³/mol. The number of aryl methyl sites for hydroxylation is 1. The summed E-state index contributed by atoms with van der Waals surface area (Å²) < 4.78 is 46.6. The van der Waals surface area contributed by atoms with Crippen molar-refractivity contribution in [2.45, 2.75) is 51.9 Å². The zero-order valence-electron chi connectivity index (χ0n) is 18.9. The molecule has 176 valence electrons. The van der Waals surface area contributed by atoms with E-state index in [4.69, 9.17) is 9.72 Å². The monoisotopic (exact) mass is 461 g/mol. The summed E-state index contributed by atoms with van der Waals surface area (Å²) in [5.41, 5.74) is 4.74. The van der Waals surface area contributed by atoms with Gasteiger partial charge in [-0.15, -0.1) is 15.3 Å². The average Bonchev–Trinajstić information content (AvgIpc) is 3.25. The Morgan fingerprint density at radius 3 is 2.48 bits per heavy atom. The summed E-state index contributed by atoms with van der Waals surface area (Å²) in [5, 5.41) is 11.4. The first-order chi connectivity index (χ1) is 15.8. The highest BCUT2D eigenvalue weighted by atomic mass is 19.4. The molecule has 2 aliphatic rings. The first-order valence-electron chi connectivity index (χ1n) is 11.1. The number of fused-ring (bicyclic) bond motifs is 2. The molecule has 0 amide bonds. The van der Waals surface area contributed by atoms with Gasteiger partial charge in [0.15, 0.2) is 11.5 Å². The van der Waals surface area contributed by atoms with Crippen molar-refractivity contribution < 1.29 is 17.9 Å². The molecular weight excluding hydrogens is 435 g/mol. The van der Waals surface area contributed by atoms with Gasteiger partial charge in [0.1, 0.15) is 0 Å². The summed E-state index contributed by atoms with van der Waals surface area (Å²) in [6.45, 7) is 6.60. The Kier molecular flexibility index (Phi) is 5.38. The number of pyridine rings is 1. The Labute approximate surface area is 189 Å². The lowest BCUT2D eigenvalue weighted by Crippen LogP contribution is -2.37. The highest BCUT2D eigenvalue weighted by molar-refractivity contribution is 5.60. The molecular formula is C22H26F3N7O. The summed E-state index contributed by atoms with van der Waals surface area (Å²) in [4.78, 5) is 9.03. The molecule has 0 bridgehead atoms. The maximum atomic E-state index is 13.4. The second-order valence-electron chi connectivity index (χ2n) is 8.72. The van der Waals surface area contributed by atoms with Crippen molar-refractivity contribution in [2.75, 3.05) is 36.5 Å². The van der Waals surface area contributed by atoms with Crippen molar-refractivity contribution in [1.29, 1.82) is 0 Å². The van der Waals surface area contributed by atoms with Crippen LogP contribution in [0.1, 0.15) is 41.1 Å². The second-order valence-corrected chi connectivity index (χ2v) is 8.72. The van der Waals surface area contributed by atoms with Crippen LogP contribution >= 0.6 is 0 Å². The molecule has 0 aliphatic carbocycles. The van der Waals surface area contributed by atoms with Crippen LogP contribution in [-0.2, 0) is 23.9 Å². The van der Waals surface area contributed by atoms with Gasteiger partial charge in [0.25, 0.3) is 5.82 Å². The second kappa shape index (κ2) is 8.12. The third-order valence-corrected chi connectivity index (χ3v) is 6.79. The summed E-state index contributed by atoms with van der Waals surface area (Å²) in [5.74, 6) is -0.593. The molecule has 8 nitrogen and oxygen atoms in total. The Bertz CT molecular complexity index is 1180. The van der Waals surface area contributed by atoms with Crippen LogP contribution in [0, 0.1) is 13.8 Å². The van der Waals surface area contributed by atoms with Crippen LogP contribution in [0.25, 0.3) is 5.65 Å². The average molecular weight is 461 g/mol. The molecule has 33 heavy (non-hydrogen) atoms. The minimum Gasteiger partial charge on any atom is -0.381 e.